The van der Waals surface area contributed by atoms with Crippen LogP contribution in [0.15, 0.2) is 12.3 Å². The van der Waals surface area contributed by atoms with Crippen molar-refractivity contribution in [2.75, 3.05) is 0 Å². The van der Waals surface area contributed by atoms with E-state index in [2.05, 4.69) is 9.97 Å². The molecule has 0 bridgehead atoms. The molecule has 1 unspecified atom stereocenters. The molecule has 0 aromatic carbocycles. The van der Waals surface area contributed by atoms with Gasteiger partial charge in [0.15, 0.2) is 0 Å². The third-order valence-corrected chi connectivity index (χ3v) is 1.24. The number of halogens is 3. The van der Waals surface area contributed by atoms with Crippen LogP contribution in [0.3, 0.4) is 0 Å². The summed E-state index contributed by atoms with van der Waals surface area (Å²) in [5, 5.41) is 0. The smallest absolute Gasteiger partial charge is 0.237 e. The average molecular weight is 180 g/mol. The van der Waals surface area contributed by atoms with Crippen LogP contribution in [-0.4, -0.2) is 9.97 Å². The maximum absolute atomic E-state index is 11.9. The molecule has 0 saturated heterocycles. The van der Waals surface area contributed by atoms with Crippen molar-refractivity contribution >= 4 is 14.8 Å². The summed E-state index contributed by atoms with van der Waals surface area (Å²) in [6.07, 6.45) is -3.31. The Labute approximate surface area is 63.1 Å². The third-order valence-electron chi connectivity index (χ3n) is 0.965. The van der Waals surface area contributed by atoms with E-state index in [4.69, 9.17) is 0 Å². The first-order valence-corrected chi connectivity index (χ1v) is 3.23. The highest BCUT2D eigenvalue weighted by molar-refractivity contribution is 7.26. The van der Waals surface area contributed by atoms with Gasteiger partial charge in [-0.1, -0.05) is 9.24 Å². The second-order valence-corrected chi connectivity index (χ2v) is 2.31. The first-order chi connectivity index (χ1) is 5.00. The Morgan fingerprint density at radius 3 is 2.36 bits per heavy atom. The minimum absolute atomic E-state index is 0.0415. The van der Waals surface area contributed by atoms with Gasteiger partial charge in [-0.15, -0.1) is 0 Å². The van der Waals surface area contributed by atoms with Crippen molar-refractivity contribution < 1.29 is 13.2 Å². The fraction of sp³-hybridized carbons (Fsp3) is 0.200. The zero-order valence-electron chi connectivity index (χ0n) is 5.26. The molecule has 0 fully saturated rings. The number of aromatic nitrogens is 2. The molecule has 0 aliphatic rings. The quantitative estimate of drug-likeness (QED) is 0.556. The molecule has 6 heteroatoms. The Morgan fingerprint density at radius 1 is 1.36 bits per heavy atom. The fourth-order valence-corrected chi connectivity index (χ4v) is 0.757. The zero-order chi connectivity index (χ0) is 8.48. The monoisotopic (exact) mass is 180 g/mol. The molecule has 0 amide bonds. The summed E-state index contributed by atoms with van der Waals surface area (Å²) >= 11 is 0. The van der Waals surface area contributed by atoms with E-state index in [-0.39, 0.29) is 5.57 Å². The van der Waals surface area contributed by atoms with Crippen molar-refractivity contribution in [1.82, 2.24) is 9.97 Å². The molecule has 11 heavy (non-hydrogen) atoms. The Bertz CT molecular complexity index is 260. The van der Waals surface area contributed by atoms with Gasteiger partial charge in [-0.2, -0.15) is 13.2 Å². The van der Waals surface area contributed by atoms with E-state index in [9.17, 15) is 13.2 Å². The van der Waals surface area contributed by atoms with E-state index in [1.165, 1.54) is 0 Å². The molecule has 0 saturated carbocycles. The van der Waals surface area contributed by atoms with Crippen LogP contribution in [0.1, 0.15) is 5.69 Å². The van der Waals surface area contributed by atoms with Crippen LogP contribution in [0.4, 0.5) is 13.2 Å². The number of hydrogen-bond donors (Lipinski definition) is 0. The Balaban J connectivity index is 3.06. The number of rotatable bonds is 0. The van der Waals surface area contributed by atoms with E-state index in [1.54, 1.807) is 0 Å². The topological polar surface area (TPSA) is 25.8 Å². The van der Waals surface area contributed by atoms with Crippen LogP contribution in [0, 0.1) is 0 Å². The minimum Gasteiger partial charge on any atom is -0.237 e. The van der Waals surface area contributed by atoms with Crippen molar-refractivity contribution in [3.8, 4) is 0 Å². The first-order valence-electron chi connectivity index (χ1n) is 2.66. The highest BCUT2D eigenvalue weighted by Gasteiger charge is 2.32. The lowest BCUT2D eigenvalue weighted by atomic mass is 10.4. The van der Waals surface area contributed by atoms with Gasteiger partial charge in [0.25, 0.3) is 0 Å². The molecule has 1 atom stereocenters. The van der Waals surface area contributed by atoms with Gasteiger partial charge in [-0.25, -0.2) is 9.97 Å². The van der Waals surface area contributed by atoms with Crippen molar-refractivity contribution in [1.29, 1.82) is 0 Å². The summed E-state index contributed by atoms with van der Waals surface area (Å²) in [5.41, 5.74) is -0.877. The maximum Gasteiger partial charge on any atom is 0.433 e. The number of hydrogen-bond acceptors (Lipinski definition) is 2. The number of nitrogens with zero attached hydrogens (tertiary/aromatic N) is 2. The van der Waals surface area contributed by atoms with Gasteiger partial charge in [0.05, 0.1) is 0 Å². The van der Waals surface area contributed by atoms with Gasteiger partial charge in [0.2, 0.25) is 0 Å². The van der Waals surface area contributed by atoms with Gasteiger partial charge < -0.3 is 0 Å². The lowest BCUT2D eigenvalue weighted by Crippen LogP contribution is -2.14. The van der Waals surface area contributed by atoms with Crippen LogP contribution in [-0.2, 0) is 6.18 Å². The molecular weight excluding hydrogens is 176 g/mol. The van der Waals surface area contributed by atoms with Gasteiger partial charge in [0, 0.05) is 6.20 Å². The minimum atomic E-state index is -4.38. The van der Waals surface area contributed by atoms with Crippen LogP contribution in [0.25, 0.3) is 0 Å². The molecule has 1 aromatic heterocycles. The van der Waals surface area contributed by atoms with E-state index in [0.717, 1.165) is 12.3 Å². The Kier molecular flexibility index (Phi) is 2.09. The predicted molar refractivity (Wildman–Crippen MR) is 36.4 cm³/mol. The molecule has 2 nitrogen and oxygen atoms in total. The first kappa shape index (κ1) is 8.40. The molecule has 1 rings (SSSR count). The summed E-state index contributed by atoms with van der Waals surface area (Å²) in [5.74, 6) is 0. The van der Waals surface area contributed by atoms with E-state index >= 15 is 0 Å². The summed E-state index contributed by atoms with van der Waals surface area (Å²) in [4.78, 5) is 6.68. The highest BCUT2D eigenvalue weighted by atomic mass is 31.0. The average Bonchev–Trinajstić information content (AvgIpc) is 1.86. The molecule has 0 N–H and O–H groups in total. The van der Waals surface area contributed by atoms with Gasteiger partial charge in [0.1, 0.15) is 11.3 Å². The van der Waals surface area contributed by atoms with Gasteiger partial charge in [-0.3, -0.25) is 0 Å². The SMILES string of the molecule is FC(F)(F)c1ccnc(P)n1. The molecule has 1 heterocycles. The zero-order valence-corrected chi connectivity index (χ0v) is 6.42. The van der Waals surface area contributed by atoms with Crippen LogP contribution in [0.5, 0.6) is 0 Å². The second-order valence-electron chi connectivity index (χ2n) is 1.80. The highest BCUT2D eigenvalue weighted by Crippen LogP contribution is 2.26. The lowest BCUT2D eigenvalue weighted by Gasteiger charge is -2.03. The molecule has 0 aliphatic carbocycles. The lowest BCUT2D eigenvalue weighted by molar-refractivity contribution is -0.141. The molecule has 0 aliphatic heterocycles. The van der Waals surface area contributed by atoms with E-state index < -0.39 is 11.9 Å². The summed E-state index contributed by atoms with van der Waals surface area (Å²) in [6, 6.07) is 0.827. The van der Waals surface area contributed by atoms with Crippen molar-refractivity contribution in [2.45, 2.75) is 6.18 Å². The van der Waals surface area contributed by atoms with Crippen molar-refractivity contribution in [3.05, 3.63) is 18.0 Å². The molecule has 0 radical (unpaired) electrons. The predicted octanol–water partition coefficient (Wildman–Crippen LogP) is 0.996. The molecule has 1 aromatic rings. The van der Waals surface area contributed by atoms with Crippen LogP contribution >= 0.6 is 9.24 Å². The second kappa shape index (κ2) is 2.74. The normalized spacial score (nSPS) is 11.6. The van der Waals surface area contributed by atoms with Gasteiger partial charge in [-0.05, 0) is 6.07 Å². The van der Waals surface area contributed by atoms with E-state index in [0.29, 0.717) is 0 Å². The van der Waals surface area contributed by atoms with E-state index in [1.807, 2.05) is 9.24 Å². The Hall–Kier alpha value is -0.700. The van der Waals surface area contributed by atoms with Gasteiger partial charge >= 0.3 is 6.18 Å². The van der Waals surface area contributed by atoms with Crippen molar-refractivity contribution in [3.63, 3.8) is 0 Å². The summed E-state index contributed by atoms with van der Waals surface area (Å²) < 4.78 is 35.6. The molecular formula is C5H4F3N2P. The number of alkyl halides is 3. The largest absolute Gasteiger partial charge is 0.433 e. The molecule has 60 valence electrons. The Morgan fingerprint density at radius 2 is 2.00 bits per heavy atom. The van der Waals surface area contributed by atoms with Crippen LogP contribution < -0.4 is 5.57 Å². The maximum atomic E-state index is 11.9. The van der Waals surface area contributed by atoms with Crippen molar-refractivity contribution in [2.24, 2.45) is 0 Å². The molecule has 0 spiro atoms. The summed E-state index contributed by atoms with van der Waals surface area (Å²) in [7, 11) is 2.00. The standard InChI is InChI=1S/C5H4F3N2P/c6-5(7,8)3-1-2-9-4(11)10-3/h1-2H,11H2. The summed E-state index contributed by atoms with van der Waals surface area (Å²) in [6.45, 7) is 0. The third kappa shape index (κ3) is 2.12. The van der Waals surface area contributed by atoms with Crippen LogP contribution in [0.2, 0.25) is 0 Å². The fourth-order valence-electron chi connectivity index (χ4n) is 0.532.